The first-order chi connectivity index (χ1) is 40.7. The van der Waals surface area contributed by atoms with E-state index in [1.165, 1.54) is 21.5 Å². The number of nitrogens with zero attached hydrogens (tertiary/aromatic N) is 4. The number of aromatic nitrogens is 8. The van der Waals surface area contributed by atoms with Gasteiger partial charge < -0.3 is 39.1 Å². The van der Waals surface area contributed by atoms with Crippen LogP contribution in [0.5, 0.6) is 11.5 Å². The highest BCUT2D eigenvalue weighted by molar-refractivity contribution is 6.00. The topological polar surface area (TPSA) is 244 Å². The number of aliphatic hydroxyl groups excluding tert-OH is 2. The van der Waals surface area contributed by atoms with Crippen LogP contribution in [0.3, 0.4) is 0 Å². The summed E-state index contributed by atoms with van der Waals surface area (Å²) in [6, 6.07) is 40.5. The number of hydrogen-bond donors (Lipinski definition) is 6. The number of benzene rings is 4. The van der Waals surface area contributed by atoms with Crippen LogP contribution >= 0.6 is 0 Å². The first-order valence-corrected chi connectivity index (χ1v) is 27.8. The van der Waals surface area contributed by atoms with E-state index in [1.807, 2.05) is 72.8 Å². The van der Waals surface area contributed by atoms with Crippen LogP contribution in [0.1, 0.15) is 70.3 Å². The van der Waals surface area contributed by atoms with Crippen molar-refractivity contribution in [2.24, 2.45) is 0 Å². The molecule has 4 aliphatic heterocycles. The van der Waals surface area contributed by atoms with Crippen LogP contribution in [0.2, 0.25) is 0 Å². The van der Waals surface area contributed by atoms with E-state index in [0.717, 1.165) is 89.1 Å². The fourth-order valence-corrected chi connectivity index (χ4v) is 11.3. The molecule has 0 aliphatic carbocycles. The molecule has 4 aliphatic rings. The molecule has 0 amide bonds. The van der Waals surface area contributed by atoms with Gasteiger partial charge in [-0.15, -0.1) is 0 Å². The van der Waals surface area contributed by atoms with E-state index in [1.54, 1.807) is 13.8 Å². The van der Waals surface area contributed by atoms with Crippen molar-refractivity contribution >= 4 is 46.4 Å². The summed E-state index contributed by atoms with van der Waals surface area (Å²) in [6.07, 6.45) is 6.44. The van der Waals surface area contributed by atoms with E-state index < -0.39 is 59.4 Å². The van der Waals surface area contributed by atoms with Crippen molar-refractivity contribution in [3.05, 3.63) is 220 Å². The molecule has 9 heterocycles. The zero-order chi connectivity index (χ0) is 57.9. The predicted molar refractivity (Wildman–Crippen MR) is 322 cm³/mol. The Hall–Kier alpha value is -9.72. The molecule has 0 spiro atoms. The van der Waals surface area contributed by atoms with Crippen LogP contribution < -0.4 is 32.0 Å². The average Bonchev–Trinajstić information content (AvgIpc) is 4.43. The van der Waals surface area contributed by atoms with Crippen molar-refractivity contribution in [1.29, 1.82) is 0 Å². The van der Waals surface area contributed by atoms with Gasteiger partial charge in [-0.3, -0.25) is 28.7 Å². The van der Waals surface area contributed by atoms with Crippen LogP contribution in [0.25, 0.3) is 90.9 Å². The van der Waals surface area contributed by atoms with Crippen LogP contribution in [-0.4, -0.2) is 86.9 Å². The third-order valence-corrected chi connectivity index (χ3v) is 15.9. The number of nitrogens with one attached hydrogen (secondary N) is 4. The summed E-state index contributed by atoms with van der Waals surface area (Å²) in [5.41, 5.74) is 14.2. The van der Waals surface area contributed by atoms with Gasteiger partial charge in [0.15, 0.2) is 0 Å². The van der Waals surface area contributed by atoms with Gasteiger partial charge in [-0.1, -0.05) is 83.9 Å². The van der Waals surface area contributed by atoms with Gasteiger partial charge in [0.05, 0.1) is 35.0 Å². The standard InChI is InChI=1S/C66H58N8O10/c1-35-5-9-39(10-6-35)59-45-21-22-46(67-45)60(40-11-7-36(2)8-12-40)48-24-26-50(69-48)62(42-15-19-44(20-16-42)82-34-56-54(76)30-58(84-56)74-32-38(4)64(78)72-66(74)80)52-28-27-51(70-52)61(49-25-23-47(59)68-49)41-13-17-43(18-14-41)81-33-55-53(75)29-57(83-55)73-31-37(3)63(77)71-65(73)79/h5-28,31-32,53-58,67,70,75-76H,29-30,33-34H2,1-4H3,(H,71,77,79)(H,72,78,80)/t53-,54-,55+,56+,57+,58+/m0/s1. The monoisotopic (exact) mass is 1120 g/mol. The second-order valence-corrected chi connectivity index (χ2v) is 21.7. The summed E-state index contributed by atoms with van der Waals surface area (Å²) in [6.45, 7) is 7.35. The molecule has 84 heavy (non-hydrogen) atoms. The normalized spacial score (nSPS) is 19.1. The van der Waals surface area contributed by atoms with Crippen molar-refractivity contribution in [3.8, 4) is 56.0 Å². The third-order valence-electron chi connectivity index (χ3n) is 15.9. The molecule has 13 rings (SSSR count). The van der Waals surface area contributed by atoms with E-state index >= 15 is 0 Å². The Morgan fingerprint density at radius 3 is 1.08 bits per heavy atom. The van der Waals surface area contributed by atoms with Crippen LogP contribution in [-0.2, 0) is 9.47 Å². The summed E-state index contributed by atoms with van der Waals surface area (Å²) < 4.78 is 27.3. The third kappa shape index (κ3) is 10.4. The molecule has 0 saturated carbocycles. The fraction of sp³-hybridized carbons (Fsp3) is 0.212. The highest BCUT2D eigenvalue weighted by Gasteiger charge is 2.37. The van der Waals surface area contributed by atoms with Crippen molar-refractivity contribution in [3.63, 3.8) is 0 Å². The molecule has 2 saturated heterocycles. The number of fused-ring (bicyclic) bond motifs is 8. The van der Waals surface area contributed by atoms with Crippen molar-refractivity contribution < 1.29 is 29.2 Å². The summed E-state index contributed by atoms with van der Waals surface area (Å²) in [5, 5.41) is 22.0. The van der Waals surface area contributed by atoms with Crippen LogP contribution in [0, 0.1) is 27.7 Å². The Morgan fingerprint density at radius 1 is 0.452 bits per heavy atom. The van der Waals surface area contributed by atoms with Crippen molar-refractivity contribution in [2.45, 2.75) is 77.4 Å². The van der Waals surface area contributed by atoms with Gasteiger partial charge in [-0.2, -0.15) is 0 Å². The number of aromatic amines is 4. The Bertz CT molecular complexity index is 4250. The van der Waals surface area contributed by atoms with Gasteiger partial charge >= 0.3 is 11.4 Å². The molecule has 6 atom stereocenters. The maximum absolute atomic E-state index is 12.7. The minimum atomic E-state index is -0.922. The Labute approximate surface area is 479 Å². The Kier molecular flexibility index (Phi) is 14.0. The predicted octanol–water partition coefficient (Wildman–Crippen LogP) is 9.71. The van der Waals surface area contributed by atoms with Gasteiger partial charge in [0.1, 0.15) is 49.4 Å². The van der Waals surface area contributed by atoms with Gasteiger partial charge in [-0.25, -0.2) is 19.6 Å². The Morgan fingerprint density at radius 2 is 0.762 bits per heavy atom. The first kappa shape index (κ1) is 53.6. The van der Waals surface area contributed by atoms with Crippen LogP contribution in [0.4, 0.5) is 0 Å². The van der Waals surface area contributed by atoms with Crippen molar-refractivity contribution in [1.82, 2.24) is 39.0 Å². The van der Waals surface area contributed by atoms with Gasteiger partial charge in [0.2, 0.25) is 0 Å². The molecule has 18 nitrogen and oxygen atoms in total. The smallest absolute Gasteiger partial charge is 0.330 e. The van der Waals surface area contributed by atoms with E-state index in [-0.39, 0.29) is 26.1 Å². The molecule has 18 heteroatoms. The molecule has 5 aromatic heterocycles. The zero-order valence-corrected chi connectivity index (χ0v) is 46.3. The second-order valence-electron chi connectivity index (χ2n) is 21.7. The molecule has 9 aromatic rings. The molecular weight excluding hydrogens is 1060 g/mol. The molecule has 422 valence electrons. The lowest BCUT2D eigenvalue weighted by Crippen LogP contribution is -2.33. The first-order valence-electron chi connectivity index (χ1n) is 27.8. The van der Waals surface area contributed by atoms with E-state index in [2.05, 4.69) is 107 Å². The second kappa shape index (κ2) is 21.9. The minimum Gasteiger partial charge on any atom is -0.491 e. The van der Waals surface area contributed by atoms with Gasteiger partial charge in [0, 0.05) is 80.7 Å². The molecule has 4 aromatic carbocycles. The molecule has 8 bridgehead atoms. The quantitative estimate of drug-likeness (QED) is 0.0670. The summed E-state index contributed by atoms with van der Waals surface area (Å²) >= 11 is 0. The van der Waals surface area contributed by atoms with Crippen molar-refractivity contribution in [2.75, 3.05) is 13.2 Å². The summed E-state index contributed by atoms with van der Waals surface area (Å²) in [7, 11) is 0. The lowest BCUT2D eigenvalue weighted by molar-refractivity contribution is -0.0410. The highest BCUT2D eigenvalue weighted by Crippen LogP contribution is 2.40. The largest absolute Gasteiger partial charge is 0.491 e. The number of hydrogen-bond acceptors (Lipinski definition) is 12. The molecule has 2 fully saturated rings. The zero-order valence-electron chi connectivity index (χ0n) is 46.3. The molecule has 0 unspecified atom stereocenters. The maximum atomic E-state index is 12.7. The summed E-state index contributed by atoms with van der Waals surface area (Å²) in [5.74, 6) is 1.06. The minimum absolute atomic E-state index is 0.00514. The number of ether oxygens (including phenoxy) is 4. The van der Waals surface area contributed by atoms with E-state index in [0.29, 0.717) is 34.0 Å². The van der Waals surface area contributed by atoms with E-state index in [4.69, 9.17) is 28.9 Å². The van der Waals surface area contributed by atoms with Gasteiger partial charge in [0.25, 0.3) is 11.1 Å². The Balaban J connectivity index is 0.908. The maximum Gasteiger partial charge on any atom is 0.330 e. The number of aryl methyl sites for hydroxylation is 4. The molecular formula is C66H58N8O10. The average molecular weight is 1120 g/mol. The lowest BCUT2D eigenvalue weighted by Gasteiger charge is -2.17. The van der Waals surface area contributed by atoms with E-state index in [9.17, 15) is 29.4 Å². The number of aliphatic hydroxyl groups is 2. The number of H-pyrrole nitrogens is 4. The number of rotatable bonds is 12. The molecule has 6 N–H and O–H groups in total. The summed E-state index contributed by atoms with van der Waals surface area (Å²) in [4.78, 5) is 72.5. The highest BCUT2D eigenvalue weighted by atomic mass is 16.6. The van der Waals surface area contributed by atoms with Crippen LogP contribution in [0.15, 0.2) is 153 Å². The molecule has 0 radical (unpaired) electrons. The fourth-order valence-electron chi connectivity index (χ4n) is 11.3. The van der Waals surface area contributed by atoms with Gasteiger partial charge in [-0.05, 0) is 123 Å². The SMILES string of the molecule is Cc1ccc(-c2c3nc(c(-c4ccc(OC[C@H]5O[C@@H](n6cc(C)c(=O)[nH]c6=O)C[C@@H]5O)cc4)c4ccc([nH]4)c(-c4ccc(OC[C@H]5O[C@@H](n6cc(C)c(=O)[nH]c6=O)C[C@@H]5O)cc4)c4nc(c(-c5ccc(C)cc5)c5ccc2[nH]5)C=C4)C=C3)cc1. The lowest BCUT2D eigenvalue weighted by atomic mass is 10.0.